The molecule has 0 aromatic carbocycles. The first kappa shape index (κ1) is 16.0. The van der Waals surface area contributed by atoms with Gasteiger partial charge in [-0.15, -0.1) is 11.3 Å². The van der Waals surface area contributed by atoms with Crippen LogP contribution in [0.1, 0.15) is 42.4 Å². The van der Waals surface area contributed by atoms with Crippen LogP contribution in [-0.2, 0) is 13.6 Å². The van der Waals surface area contributed by atoms with E-state index in [1.54, 1.807) is 11.3 Å². The highest BCUT2D eigenvalue weighted by molar-refractivity contribution is 7.15. The molecule has 0 aliphatic heterocycles. The van der Waals surface area contributed by atoms with Gasteiger partial charge in [-0.1, -0.05) is 6.92 Å². The molecule has 0 amide bonds. The first-order valence-electron chi connectivity index (χ1n) is 7.40. The van der Waals surface area contributed by atoms with Crippen LogP contribution in [0, 0.1) is 6.92 Å². The van der Waals surface area contributed by atoms with E-state index in [0.717, 1.165) is 30.3 Å². The molecule has 2 aromatic heterocycles. The molecule has 0 bridgehead atoms. The van der Waals surface area contributed by atoms with Crippen LogP contribution in [-0.4, -0.2) is 28.4 Å². The smallest absolute Gasteiger partial charge is 0.185 e. The molecule has 0 fully saturated rings. The SMILES string of the molecule is CCCNC(C)c1sc(N(C)Cc2cnn(C)c2)nc1C. The number of nitrogens with zero attached hydrogens (tertiary/aromatic N) is 4. The Hall–Kier alpha value is -1.40. The second kappa shape index (κ2) is 7.04. The Labute approximate surface area is 131 Å². The Morgan fingerprint density at radius 2 is 2.24 bits per heavy atom. The summed E-state index contributed by atoms with van der Waals surface area (Å²) in [5, 5.41) is 8.81. The fourth-order valence-electron chi connectivity index (χ4n) is 2.31. The van der Waals surface area contributed by atoms with Crippen LogP contribution in [0.3, 0.4) is 0 Å². The van der Waals surface area contributed by atoms with E-state index in [2.05, 4.69) is 43.1 Å². The van der Waals surface area contributed by atoms with Gasteiger partial charge in [0.1, 0.15) is 0 Å². The quantitative estimate of drug-likeness (QED) is 0.854. The molecule has 1 unspecified atom stereocenters. The second-order valence-corrected chi connectivity index (χ2v) is 6.51. The predicted molar refractivity (Wildman–Crippen MR) is 88.9 cm³/mol. The van der Waals surface area contributed by atoms with Crippen molar-refractivity contribution < 1.29 is 0 Å². The monoisotopic (exact) mass is 307 g/mol. The number of rotatable bonds is 7. The van der Waals surface area contributed by atoms with E-state index in [1.807, 2.05) is 24.1 Å². The van der Waals surface area contributed by atoms with Gasteiger partial charge in [0, 0.05) is 43.3 Å². The summed E-state index contributed by atoms with van der Waals surface area (Å²) >= 11 is 1.78. The van der Waals surface area contributed by atoms with Crippen molar-refractivity contribution in [2.45, 2.75) is 39.8 Å². The molecule has 21 heavy (non-hydrogen) atoms. The van der Waals surface area contributed by atoms with Crippen molar-refractivity contribution in [2.24, 2.45) is 7.05 Å². The highest BCUT2D eigenvalue weighted by Crippen LogP contribution is 2.30. The average molecular weight is 307 g/mol. The molecule has 0 radical (unpaired) electrons. The van der Waals surface area contributed by atoms with Gasteiger partial charge in [0.05, 0.1) is 11.9 Å². The molecule has 1 atom stereocenters. The highest BCUT2D eigenvalue weighted by Gasteiger charge is 2.16. The standard InChI is InChI=1S/C15H25N5S/c1-6-7-16-11(2)14-12(3)18-15(21-14)19(4)9-13-8-17-20(5)10-13/h8,10-11,16H,6-7,9H2,1-5H3. The van der Waals surface area contributed by atoms with Crippen LogP contribution in [0.25, 0.3) is 0 Å². The van der Waals surface area contributed by atoms with Crippen molar-refractivity contribution in [1.82, 2.24) is 20.1 Å². The largest absolute Gasteiger partial charge is 0.347 e. The summed E-state index contributed by atoms with van der Waals surface area (Å²) in [4.78, 5) is 8.24. The fraction of sp³-hybridized carbons (Fsp3) is 0.600. The van der Waals surface area contributed by atoms with Crippen molar-refractivity contribution in [3.8, 4) is 0 Å². The van der Waals surface area contributed by atoms with Crippen LogP contribution in [0.4, 0.5) is 5.13 Å². The van der Waals surface area contributed by atoms with Crippen molar-refractivity contribution in [2.75, 3.05) is 18.5 Å². The molecule has 2 heterocycles. The maximum Gasteiger partial charge on any atom is 0.185 e. The number of thiazole rings is 1. The average Bonchev–Trinajstić information content (AvgIpc) is 3.02. The van der Waals surface area contributed by atoms with Crippen molar-refractivity contribution >= 4 is 16.5 Å². The lowest BCUT2D eigenvalue weighted by molar-refractivity contribution is 0.575. The Morgan fingerprint density at radius 3 is 2.86 bits per heavy atom. The lowest BCUT2D eigenvalue weighted by Crippen LogP contribution is -2.18. The Balaban J connectivity index is 2.06. The van der Waals surface area contributed by atoms with Gasteiger partial charge in [-0.25, -0.2) is 4.98 Å². The molecule has 1 N–H and O–H groups in total. The van der Waals surface area contributed by atoms with Gasteiger partial charge in [-0.3, -0.25) is 4.68 Å². The third kappa shape index (κ3) is 4.04. The zero-order chi connectivity index (χ0) is 15.4. The molecule has 0 saturated heterocycles. The van der Waals surface area contributed by atoms with Crippen LogP contribution in [0.15, 0.2) is 12.4 Å². The molecule has 116 valence electrons. The van der Waals surface area contributed by atoms with Gasteiger partial charge >= 0.3 is 0 Å². The third-order valence-corrected chi connectivity index (χ3v) is 4.87. The van der Waals surface area contributed by atoms with Crippen molar-refractivity contribution in [3.63, 3.8) is 0 Å². The topological polar surface area (TPSA) is 46.0 Å². The van der Waals surface area contributed by atoms with Crippen LogP contribution >= 0.6 is 11.3 Å². The van der Waals surface area contributed by atoms with Crippen LogP contribution in [0.5, 0.6) is 0 Å². The molecular formula is C15H25N5S. The van der Waals surface area contributed by atoms with Gasteiger partial charge in [0.2, 0.25) is 0 Å². The molecule has 0 aliphatic carbocycles. The zero-order valence-electron chi connectivity index (χ0n) is 13.6. The summed E-state index contributed by atoms with van der Waals surface area (Å²) in [6.45, 7) is 8.36. The fourth-order valence-corrected chi connectivity index (χ4v) is 3.36. The van der Waals surface area contributed by atoms with E-state index in [9.17, 15) is 0 Å². The molecule has 0 aliphatic rings. The van der Waals surface area contributed by atoms with Gasteiger partial charge < -0.3 is 10.2 Å². The van der Waals surface area contributed by atoms with E-state index in [-0.39, 0.29) is 0 Å². The van der Waals surface area contributed by atoms with E-state index >= 15 is 0 Å². The normalized spacial score (nSPS) is 12.6. The maximum absolute atomic E-state index is 4.72. The number of anilines is 1. The third-order valence-electron chi connectivity index (χ3n) is 3.42. The molecule has 0 spiro atoms. The lowest BCUT2D eigenvalue weighted by Gasteiger charge is -2.14. The Bertz CT molecular complexity index is 574. The predicted octanol–water partition coefficient (Wildman–Crippen LogP) is 2.88. The number of hydrogen-bond acceptors (Lipinski definition) is 5. The van der Waals surface area contributed by atoms with E-state index in [1.165, 1.54) is 10.4 Å². The molecule has 2 rings (SSSR count). The molecule has 6 heteroatoms. The Kier molecular flexibility index (Phi) is 5.36. The zero-order valence-corrected chi connectivity index (χ0v) is 14.4. The number of hydrogen-bond donors (Lipinski definition) is 1. The Morgan fingerprint density at radius 1 is 1.48 bits per heavy atom. The first-order chi connectivity index (χ1) is 10.0. The minimum atomic E-state index is 0.364. The maximum atomic E-state index is 4.72. The lowest BCUT2D eigenvalue weighted by atomic mass is 10.2. The van der Waals surface area contributed by atoms with E-state index in [4.69, 9.17) is 4.98 Å². The molecular weight excluding hydrogens is 282 g/mol. The summed E-state index contributed by atoms with van der Waals surface area (Å²) in [5.74, 6) is 0. The van der Waals surface area contributed by atoms with Gasteiger partial charge in [0.25, 0.3) is 0 Å². The number of aromatic nitrogens is 3. The molecule has 0 saturated carbocycles. The van der Waals surface area contributed by atoms with Crippen LogP contribution < -0.4 is 10.2 Å². The summed E-state index contributed by atoms with van der Waals surface area (Å²) in [6.07, 6.45) is 5.10. The number of nitrogens with one attached hydrogen (secondary N) is 1. The van der Waals surface area contributed by atoms with Crippen molar-refractivity contribution in [3.05, 3.63) is 28.5 Å². The summed E-state index contributed by atoms with van der Waals surface area (Å²) in [5.41, 5.74) is 2.33. The van der Waals surface area contributed by atoms with E-state index < -0.39 is 0 Å². The van der Waals surface area contributed by atoms with Gasteiger partial charge in [0.15, 0.2) is 5.13 Å². The minimum absolute atomic E-state index is 0.364. The van der Waals surface area contributed by atoms with Gasteiger partial charge in [-0.2, -0.15) is 5.10 Å². The molecule has 2 aromatic rings. The van der Waals surface area contributed by atoms with Gasteiger partial charge in [-0.05, 0) is 26.8 Å². The highest BCUT2D eigenvalue weighted by atomic mass is 32.1. The summed E-state index contributed by atoms with van der Waals surface area (Å²) < 4.78 is 1.83. The summed E-state index contributed by atoms with van der Waals surface area (Å²) in [6, 6.07) is 0.364. The number of aryl methyl sites for hydroxylation is 2. The first-order valence-corrected chi connectivity index (χ1v) is 8.22. The van der Waals surface area contributed by atoms with Crippen molar-refractivity contribution in [1.29, 1.82) is 0 Å². The summed E-state index contributed by atoms with van der Waals surface area (Å²) in [7, 11) is 4.02. The second-order valence-electron chi connectivity index (χ2n) is 5.50. The van der Waals surface area contributed by atoms with E-state index in [0.29, 0.717) is 6.04 Å². The van der Waals surface area contributed by atoms with Crippen LogP contribution in [0.2, 0.25) is 0 Å². The minimum Gasteiger partial charge on any atom is -0.347 e. The molecule has 5 nitrogen and oxygen atoms in total.